The fourth-order valence-electron chi connectivity index (χ4n) is 1.03. The minimum absolute atomic E-state index is 0.126. The number of amides is 2. The molecule has 8 heteroatoms. The largest absolute Gasteiger partial charge is 0.383 e. The van der Waals surface area contributed by atoms with Crippen LogP contribution in [0.2, 0.25) is 0 Å². The summed E-state index contributed by atoms with van der Waals surface area (Å²) in [6.07, 6.45) is 0.425. The van der Waals surface area contributed by atoms with Gasteiger partial charge in [0.1, 0.15) is 0 Å². The molecule has 0 saturated heterocycles. The lowest BCUT2D eigenvalue weighted by molar-refractivity contribution is -0.142. The Hall–Kier alpha value is -1.15. The zero-order valence-electron chi connectivity index (χ0n) is 10.4. The van der Waals surface area contributed by atoms with Gasteiger partial charge in [0, 0.05) is 6.54 Å². The number of nitrogens with two attached hydrogens (primary N) is 1. The molecule has 0 bridgehead atoms. The van der Waals surface area contributed by atoms with Gasteiger partial charge in [0.25, 0.3) is 0 Å². The third kappa shape index (κ3) is 6.55. The molecule has 0 aliphatic carbocycles. The lowest BCUT2D eigenvalue weighted by Crippen LogP contribution is -2.40. The van der Waals surface area contributed by atoms with E-state index in [0.29, 0.717) is 13.0 Å². The summed E-state index contributed by atoms with van der Waals surface area (Å²) in [4.78, 5) is 33.4. The van der Waals surface area contributed by atoms with E-state index in [1.54, 1.807) is 13.8 Å². The molecule has 18 heavy (non-hydrogen) atoms. The van der Waals surface area contributed by atoms with Crippen LogP contribution in [-0.2, 0) is 18.2 Å². The van der Waals surface area contributed by atoms with E-state index >= 15 is 0 Å². The molecule has 0 aliphatic rings. The van der Waals surface area contributed by atoms with Crippen molar-refractivity contribution in [2.24, 2.45) is 11.1 Å². The first kappa shape index (κ1) is 16.9. The van der Waals surface area contributed by atoms with Gasteiger partial charge >= 0.3 is 5.97 Å². The Morgan fingerprint density at radius 3 is 2.33 bits per heavy atom. The molecule has 7 nitrogen and oxygen atoms in total. The Kier molecular flexibility index (Phi) is 7.53. The summed E-state index contributed by atoms with van der Waals surface area (Å²) in [5, 5.41) is 4.92. The standard InChI is InChI=1S/C10H18BrN3O4/c1-10(2,9(17)18-11)3-4-13-8(16)6-14-7(15)5-12/h3-6,12H2,1-2H3,(H,13,16)(H,14,15). The highest BCUT2D eigenvalue weighted by atomic mass is 79.9. The predicted molar refractivity (Wildman–Crippen MR) is 68.5 cm³/mol. The Morgan fingerprint density at radius 2 is 1.83 bits per heavy atom. The van der Waals surface area contributed by atoms with Crippen LogP contribution in [0.4, 0.5) is 0 Å². The molecule has 0 saturated carbocycles. The number of carbonyl (C=O) groups is 3. The molecule has 0 fully saturated rings. The fourth-order valence-corrected chi connectivity index (χ4v) is 1.47. The van der Waals surface area contributed by atoms with Crippen LogP contribution >= 0.6 is 16.3 Å². The number of hydrogen-bond acceptors (Lipinski definition) is 5. The number of nitrogens with one attached hydrogen (secondary N) is 2. The molecule has 0 atom stereocenters. The minimum Gasteiger partial charge on any atom is -0.383 e. The number of carbonyl (C=O) groups excluding carboxylic acids is 3. The molecule has 4 N–H and O–H groups in total. The van der Waals surface area contributed by atoms with Gasteiger partial charge in [0.15, 0.2) is 16.3 Å². The first-order valence-corrected chi connectivity index (χ1v) is 6.04. The monoisotopic (exact) mass is 323 g/mol. The predicted octanol–water partition coefficient (Wildman–Crippen LogP) is -0.553. The fraction of sp³-hybridized carbons (Fsp3) is 0.700. The highest BCUT2D eigenvalue weighted by Crippen LogP contribution is 2.22. The van der Waals surface area contributed by atoms with Gasteiger partial charge in [0.2, 0.25) is 11.8 Å². The van der Waals surface area contributed by atoms with Gasteiger partial charge in [-0.05, 0) is 20.3 Å². The van der Waals surface area contributed by atoms with Gasteiger partial charge in [-0.1, -0.05) is 0 Å². The lowest BCUT2D eigenvalue weighted by Gasteiger charge is -2.20. The number of hydrogen-bond donors (Lipinski definition) is 3. The van der Waals surface area contributed by atoms with Gasteiger partial charge < -0.3 is 20.2 Å². The second kappa shape index (κ2) is 8.04. The third-order valence-electron chi connectivity index (χ3n) is 2.33. The quantitative estimate of drug-likeness (QED) is 0.582. The molecule has 0 rings (SSSR count). The van der Waals surface area contributed by atoms with E-state index in [2.05, 4.69) is 30.7 Å². The molecule has 0 radical (unpaired) electrons. The van der Waals surface area contributed by atoms with Crippen molar-refractivity contribution in [1.29, 1.82) is 0 Å². The van der Waals surface area contributed by atoms with Gasteiger partial charge in [-0.2, -0.15) is 0 Å². The van der Waals surface area contributed by atoms with E-state index in [-0.39, 0.29) is 19.0 Å². The van der Waals surface area contributed by atoms with Crippen LogP contribution in [0, 0.1) is 5.41 Å². The molecule has 104 valence electrons. The van der Waals surface area contributed by atoms with Gasteiger partial charge in [0.05, 0.1) is 18.5 Å². The summed E-state index contributed by atoms with van der Waals surface area (Å²) in [6.45, 7) is 3.45. The van der Waals surface area contributed by atoms with Crippen molar-refractivity contribution < 1.29 is 18.2 Å². The average Bonchev–Trinajstić information content (AvgIpc) is 2.34. The number of rotatable bonds is 7. The summed E-state index contributed by atoms with van der Waals surface area (Å²) in [5.41, 5.74) is 4.37. The van der Waals surface area contributed by atoms with E-state index in [4.69, 9.17) is 5.73 Å². The van der Waals surface area contributed by atoms with Crippen molar-refractivity contribution in [2.75, 3.05) is 19.6 Å². The van der Waals surface area contributed by atoms with Crippen LogP contribution < -0.4 is 16.4 Å². The zero-order valence-corrected chi connectivity index (χ0v) is 12.0. The van der Waals surface area contributed by atoms with Crippen molar-refractivity contribution in [3.05, 3.63) is 0 Å². The van der Waals surface area contributed by atoms with Gasteiger partial charge in [-0.3, -0.25) is 14.4 Å². The van der Waals surface area contributed by atoms with Crippen LogP contribution in [0.5, 0.6) is 0 Å². The third-order valence-corrected chi connectivity index (χ3v) is 2.62. The zero-order chi connectivity index (χ0) is 14.2. The highest BCUT2D eigenvalue weighted by molar-refractivity contribution is 9.06. The van der Waals surface area contributed by atoms with Crippen molar-refractivity contribution in [2.45, 2.75) is 20.3 Å². The van der Waals surface area contributed by atoms with Crippen LogP contribution in [-0.4, -0.2) is 37.4 Å². The number of halogens is 1. The normalized spacial score (nSPS) is 10.7. The Balaban J connectivity index is 3.87. The van der Waals surface area contributed by atoms with Crippen LogP contribution in [0.3, 0.4) is 0 Å². The molecule has 0 aromatic rings. The van der Waals surface area contributed by atoms with E-state index in [1.807, 2.05) is 0 Å². The maximum atomic E-state index is 11.3. The van der Waals surface area contributed by atoms with Crippen LogP contribution in [0.25, 0.3) is 0 Å². The molecule has 0 spiro atoms. The van der Waals surface area contributed by atoms with Crippen molar-refractivity contribution in [3.63, 3.8) is 0 Å². The van der Waals surface area contributed by atoms with Crippen molar-refractivity contribution in [1.82, 2.24) is 10.6 Å². The van der Waals surface area contributed by atoms with Crippen molar-refractivity contribution >= 4 is 34.0 Å². The molecule has 0 unspecified atom stereocenters. The molecule has 2 amide bonds. The van der Waals surface area contributed by atoms with E-state index in [1.165, 1.54) is 0 Å². The average molecular weight is 324 g/mol. The molecule has 0 aliphatic heterocycles. The summed E-state index contributed by atoms with van der Waals surface area (Å²) >= 11 is 2.62. The maximum Gasteiger partial charge on any atom is 0.323 e. The molecule has 0 aromatic heterocycles. The SMILES string of the molecule is CC(C)(CCNC(=O)CNC(=O)CN)C(=O)OBr. The molecular formula is C10H18BrN3O4. The first-order chi connectivity index (χ1) is 8.33. The highest BCUT2D eigenvalue weighted by Gasteiger charge is 2.28. The Bertz CT molecular complexity index is 320. The van der Waals surface area contributed by atoms with E-state index in [0.717, 1.165) is 0 Å². The molecule has 0 aromatic carbocycles. The summed E-state index contributed by atoms with van der Waals surface area (Å²) in [7, 11) is 0. The van der Waals surface area contributed by atoms with E-state index in [9.17, 15) is 14.4 Å². The molecule has 0 heterocycles. The van der Waals surface area contributed by atoms with E-state index < -0.39 is 17.3 Å². The van der Waals surface area contributed by atoms with Gasteiger partial charge in [-0.25, -0.2) is 0 Å². The minimum atomic E-state index is -0.697. The summed E-state index contributed by atoms with van der Waals surface area (Å²) in [6, 6.07) is 0. The summed E-state index contributed by atoms with van der Waals surface area (Å²) < 4.78 is 4.46. The lowest BCUT2D eigenvalue weighted by atomic mass is 9.90. The van der Waals surface area contributed by atoms with Crippen LogP contribution in [0.1, 0.15) is 20.3 Å². The Labute approximate surface area is 114 Å². The Morgan fingerprint density at radius 1 is 1.22 bits per heavy atom. The van der Waals surface area contributed by atoms with Crippen molar-refractivity contribution in [3.8, 4) is 0 Å². The second-order valence-electron chi connectivity index (χ2n) is 4.33. The first-order valence-electron chi connectivity index (χ1n) is 5.40. The molecular weight excluding hydrogens is 306 g/mol. The van der Waals surface area contributed by atoms with Crippen LogP contribution in [0.15, 0.2) is 0 Å². The second-order valence-corrected chi connectivity index (χ2v) is 4.65. The maximum absolute atomic E-state index is 11.3. The topological polar surface area (TPSA) is 111 Å². The summed E-state index contributed by atoms with van der Waals surface area (Å²) in [5.74, 6) is -1.14. The van der Waals surface area contributed by atoms with Gasteiger partial charge in [-0.15, -0.1) is 0 Å². The smallest absolute Gasteiger partial charge is 0.323 e.